The molecular formula is C19H16ClN5O. The Balaban J connectivity index is 1.44. The highest BCUT2D eigenvalue weighted by atomic mass is 35.5. The van der Waals surface area contributed by atoms with E-state index in [0.717, 1.165) is 22.3 Å². The minimum absolute atomic E-state index is 0.555. The molecule has 0 bridgehead atoms. The Kier molecular flexibility index (Phi) is 4.50. The summed E-state index contributed by atoms with van der Waals surface area (Å²) >= 11 is 5.90. The van der Waals surface area contributed by atoms with E-state index in [1.807, 2.05) is 31.2 Å². The molecule has 1 N–H and O–H groups in total. The molecule has 0 unspecified atom stereocenters. The van der Waals surface area contributed by atoms with Gasteiger partial charge in [0.2, 0.25) is 11.7 Å². The van der Waals surface area contributed by atoms with E-state index in [0.29, 0.717) is 29.7 Å². The summed E-state index contributed by atoms with van der Waals surface area (Å²) in [4.78, 5) is 13.1. The van der Waals surface area contributed by atoms with Crippen LogP contribution in [0.3, 0.4) is 0 Å². The Morgan fingerprint density at radius 1 is 1.08 bits per heavy atom. The second-order valence-corrected chi connectivity index (χ2v) is 6.37. The normalized spacial score (nSPS) is 11.0. The van der Waals surface area contributed by atoms with Crippen molar-refractivity contribution in [3.63, 3.8) is 0 Å². The minimum Gasteiger partial charge on any atom is -0.369 e. The van der Waals surface area contributed by atoms with Gasteiger partial charge in [-0.25, -0.2) is 9.97 Å². The molecule has 0 fully saturated rings. The van der Waals surface area contributed by atoms with Crippen LogP contribution in [0.25, 0.3) is 22.3 Å². The lowest BCUT2D eigenvalue weighted by Crippen LogP contribution is -2.07. The highest BCUT2D eigenvalue weighted by Gasteiger charge is 2.09. The molecular weight excluding hydrogens is 350 g/mol. The van der Waals surface area contributed by atoms with Crippen LogP contribution in [0.2, 0.25) is 5.02 Å². The molecule has 4 aromatic rings. The first-order valence-electron chi connectivity index (χ1n) is 8.23. The number of hydrogen-bond acceptors (Lipinski definition) is 6. The number of aryl methyl sites for hydroxylation is 1. The molecule has 0 radical (unpaired) electrons. The van der Waals surface area contributed by atoms with Gasteiger partial charge in [-0.05, 0) is 43.3 Å². The van der Waals surface area contributed by atoms with Gasteiger partial charge in [-0.2, -0.15) is 4.98 Å². The zero-order valence-corrected chi connectivity index (χ0v) is 14.9. The highest BCUT2D eigenvalue weighted by molar-refractivity contribution is 6.30. The molecule has 0 spiro atoms. The summed E-state index contributed by atoms with van der Waals surface area (Å²) in [6, 6.07) is 13.4. The van der Waals surface area contributed by atoms with E-state index < -0.39 is 0 Å². The average Bonchev–Trinajstić information content (AvgIpc) is 3.11. The lowest BCUT2D eigenvalue weighted by molar-refractivity contribution is 0.381. The van der Waals surface area contributed by atoms with Gasteiger partial charge in [0, 0.05) is 28.9 Å². The van der Waals surface area contributed by atoms with Gasteiger partial charge in [0.25, 0.3) is 0 Å². The molecule has 26 heavy (non-hydrogen) atoms. The van der Waals surface area contributed by atoms with E-state index in [1.165, 1.54) is 5.56 Å². The predicted octanol–water partition coefficient (Wildman–Crippen LogP) is 4.30. The Labute approximate surface area is 155 Å². The fraction of sp³-hybridized carbons (Fsp3) is 0.158. The van der Waals surface area contributed by atoms with Crippen LogP contribution in [0.1, 0.15) is 11.5 Å². The molecule has 0 atom stereocenters. The van der Waals surface area contributed by atoms with E-state index in [9.17, 15) is 0 Å². The van der Waals surface area contributed by atoms with Crippen molar-refractivity contribution in [2.24, 2.45) is 0 Å². The molecule has 0 saturated heterocycles. The lowest BCUT2D eigenvalue weighted by Gasteiger charge is -2.07. The Morgan fingerprint density at radius 3 is 2.77 bits per heavy atom. The van der Waals surface area contributed by atoms with Crippen LogP contribution in [0.15, 0.2) is 53.3 Å². The summed E-state index contributed by atoms with van der Waals surface area (Å²) in [6.45, 7) is 2.68. The van der Waals surface area contributed by atoms with Crippen molar-refractivity contribution in [3.8, 4) is 11.4 Å². The second kappa shape index (κ2) is 7.09. The molecule has 2 aromatic heterocycles. The monoisotopic (exact) mass is 365 g/mol. The molecule has 0 aliphatic heterocycles. The number of nitrogens with one attached hydrogen (secondary N) is 1. The molecule has 0 aliphatic carbocycles. The maximum atomic E-state index is 5.90. The molecule has 0 aliphatic rings. The summed E-state index contributed by atoms with van der Waals surface area (Å²) < 4.78 is 5.33. The van der Waals surface area contributed by atoms with Gasteiger partial charge >= 0.3 is 0 Å². The molecule has 0 saturated carbocycles. The second-order valence-electron chi connectivity index (χ2n) is 5.94. The predicted molar refractivity (Wildman–Crippen MR) is 101 cm³/mol. The van der Waals surface area contributed by atoms with Crippen molar-refractivity contribution in [1.29, 1.82) is 0 Å². The molecule has 0 amide bonds. The van der Waals surface area contributed by atoms with E-state index in [-0.39, 0.29) is 0 Å². The van der Waals surface area contributed by atoms with Crippen LogP contribution >= 0.6 is 11.6 Å². The van der Waals surface area contributed by atoms with E-state index in [1.54, 1.807) is 18.5 Å². The van der Waals surface area contributed by atoms with Gasteiger partial charge in [0.15, 0.2) is 0 Å². The Morgan fingerprint density at radius 2 is 1.92 bits per heavy atom. The standard InChI is InChI=1S/C19H16ClN5O/c1-12-2-7-16-15(10-12)19(23-11-22-16)21-9-8-17-24-18(25-26-17)13-3-5-14(20)6-4-13/h2-7,10-11H,8-9H2,1H3,(H,21,22,23). The first-order chi connectivity index (χ1) is 12.7. The van der Waals surface area contributed by atoms with Gasteiger partial charge in [-0.1, -0.05) is 28.4 Å². The number of halogens is 1. The van der Waals surface area contributed by atoms with Crippen molar-refractivity contribution in [2.75, 3.05) is 11.9 Å². The van der Waals surface area contributed by atoms with Gasteiger partial charge in [-0.3, -0.25) is 0 Å². The summed E-state index contributed by atoms with van der Waals surface area (Å²) in [5, 5.41) is 9.02. The third kappa shape index (κ3) is 3.50. The zero-order chi connectivity index (χ0) is 17.9. The third-order valence-electron chi connectivity index (χ3n) is 3.99. The molecule has 130 valence electrons. The largest absolute Gasteiger partial charge is 0.369 e. The van der Waals surface area contributed by atoms with Crippen molar-refractivity contribution >= 4 is 28.3 Å². The fourth-order valence-corrected chi connectivity index (χ4v) is 2.80. The van der Waals surface area contributed by atoms with Crippen LogP contribution in [-0.4, -0.2) is 26.7 Å². The minimum atomic E-state index is 0.555. The number of fused-ring (bicyclic) bond motifs is 1. The SMILES string of the molecule is Cc1ccc2ncnc(NCCc3nc(-c4ccc(Cl)cc4)no3)c2c1. The van der Waals surface area contributed by atoms with Gasteiger partial charge < -0.3 is 9.84 Å². The molecule has 2 heterocycles. The van der Waals surface area contributed by atoms with E-state index in [2.05, 4.69) is 31.5 Å². The van der Waals surface area contributed by atoms with Crippen molar-refractivity contribution in [1.82, 2.24) is 20.1 Å². The number of nitrogens with zero attached hydrogens (tertiary/aromatic N) is 4. The molecule has 2 aromatic carbocycles. The number of benzene rings is 2. The lowest BCUT2D eigenvalue weighted by atomic mass is 10.1. The number of hydrogen-bond donors (Lipinski definition) is 1. The molecule has 6 nitrogen and oxygen atoms in total. The van der Waals surface area contributed by atoms with Gasteiger partial charge in [-0.15, -0.1) is 0 Å². The topological polar surface area (TPSA) is 76.7 Å². The maximum absolute atomic E-state index is 5.90. The Hall–Kier alpha value is -2.99. The summed E-state index contributed by atoms with van der Waals surface area (Å²) in [5.74, 6) is 1.92. The van der Waals surface area contributed by atoms with Crippen LogP contribution in [0.5, 0.6) is 0 Å². The van der Waals surface area contributed by atoms with Crippen LogP contribution < -0.4 is 5.32 Å². The number of aromatic nitrogens is 4. The fourth-order valence-electron chi connectivity index (χ4n) is 2.67. The van der Waals surface area contributed by atoms with Crippen LogP contribution in [0, 0.1) is 6.92 Å². The van der Waals surface area contributed by atoms with Gasteiger partial charge in [0.1, 0.15) is 12.1 Å². The highest BCUT2D eigenvalue weighted by Crippen LogP contribution is 2.21. The smallest absolute Gasteiger partial charge is 0.228 e. The van der Waals surface area contributed by atoms with Gasteiger partial charge in [0.05, 0.1) is 5.52 Å². The number of rotatable bonds is 5. The van der Waals surface area contributed by atoms with E-state index >= 15 is 0 Å². The van der Waals surface area contributed by atoms with Crippen LogP contribution in [-0.2, 0) is 6.42 Å². The average molecular weight is 366 g/mol. The van der Waals surface area contributed by atoms with Crippen molar-refractivity contribution in [2.45, 2.75) is 13.3 Å². The van der Waals surface area contributed by atoms with E-state index in [4.69, 9.17) is 16.1 Å². The Bertz CT molecular complexity index is 1050. The first-order valence-corrected chi connectivity index (χ1v) is 8.60. The summed E-state index contributed by atoms with van der Waals surface area (Å²) in [5.41, 5.74) is 2.95. The summed E-state index contributed by atoms with van der Waals surface area (Å²) in [7, 11) is 0. The quantitative estimate of drug-likeness (QED) is 0.568. The maximum Gasteiger partial charge on any atom is 0.228 e. The molecule has 7 heteroatoms. The van der Waals surface area contributed by atoms with Crippen molar-refractivity contribution in [3.05, 3.63) is 65.3 Å². The van der Waals surface area contributed by atoms with Crippen LogP contribution in [0.4, 0.5) is 5.82 Å². The number of anilines is 1. The summed E-state index contributed by atoms with van der Waals surface area (Å²) in [6.07, 6.45) is 2.16. The first kappa shape index (κ1) is 16.5. The third-order valence-corrected chi connectivity index (χ3v) is 4.24. The van der Waals surface area contributed by atoms with Crippen molar-refractivity contribution < 1.29 is 4.52 Å². The molecule has 4 rings (SSSR count). The zero-order valence-electron chi connectivity index (χ0n) is 14.1.